The summed E-state index contributed by atoms with van der Waals surface area (Å²) in [4.78, 5) is 4.95. The van der Waals surface area contributed by atoms with Crippen LogP contribution in [0.2, 0.25) is 0 Å². The summed E-state index contributed by atoms with van der Waals surface area (Å²) in [6.07, 6.45) is 0. The van der Waals surface area contributed by atoms with Crippen molar-refractivity contribution in [1.29, 1.82) is 0 Å². The Hall–Kier alpha value is -1.30. The molecule has 0 amide bonds. The molecule has 0 radical (unpaired) electrons. The van der Waals surface area contributed by atoms with Gasteiger partial charge in [-0.2, -0.15) is 0 Å². The standard InChI is InChI=1S/C16H25N3O2/c1-18-6-8-19(9-7-18)13-11-17-10-12-14(20-2)4-5-15(21-3)16(12)13/h4-5,13,17H,6-11H2,1-3H3/t13-/m0/s1. The van der Waals surface area contributed by atoms with Gasteiger partial charge in [0.25, 0.3) is 0 Å². The Labute approximate surface area is 126 Å². The molecule has 1 aromatic rings. The van der Waals surface area contributed by atoms with E-state index in [1.807, 2.05) is 12.1 Å². The van der Waals surface area contributed by atoms with Gasteiger partial charge in [-0.15, -0.1) is 0 Å². The number of piperazine rings is 1. The first-order valence-electron chi connectivity index (χ1n) is 7.61. The average molecular weight is 291 g/mol. The number of ether oxygens (including phenoxy) is 2. The van der Waals surface area contributed by atoms with E-state index in [0.29, 0.717) is 6.04 Å². The van der Waals surface area contributed by atoms with Crippen molar-refractivity contribution in [2.75, 3.05) is 54.0 Å². The number of hydrogen-bond donors (Lipinski definition) is 1. The molecule has 0 aliphatic carbocycles. The van der Waals surface area contributed by atoms with Crippen molar-refractivity contribution in [1.82, 2.24) is 15.1 Å². The van der Waals surface area contributed by atoms with Crippen molar-refractivity contribution in [3.05, 3.63) is 23.3 Å². The quantitative estimate of drug-likeness (QED) is 0.902. The molecule has 0 unspecified atom stereocenters. The molecule has 1 N–H and O–H groups in total. The summed E-state index contributed by atoms with van der Waals surface area (Å²) in [5, 5.41) is 3.53. The lowest BCUT2D eigenvalue weighted by molar-refractivity contribution is 0.104. The zero-order valence-electron chi connectivity index (χ0n) is 13.2. The Kier molecular flexibility index (Phi) is 4.33. The number of likely N-dealkylation sites (N-methyl/N-ethyl adjacent to an activating group) is 1. The third-order valence-corrected chi connectivity index (χ3v) is 4.67. The van der Waals surface area contributed by atoms with Crippen molar-refractivity contribution in [2.45, 2.75) is 12.6 Å². The molecule has 0 spiro atoms. The zero-order valence-corrected chi connectivity index (χ0v) is 13.2. The molecule has 2 heterocycles. The first-order valence-corrected chi connectivity index (χ1v) is 7.61. The highest BCUT2D eigenvalue weighted by Gasteiger charge is 2.32. The van der Waals surface area contributed by atoms with Crippen LogP contribution in [0, 0.1) is 0 Å². The first kappa shape index (κ1) is 14.6. The van der Waals surface area contributed by atoms with E-state index in [-0.39, 0.29) is 0 Å². The molecule has 116 valence electrons. The molecular formula is C16H25N3O2. The van der Waals surface area contributed by atoms with E-state index in [1.54, 1.807) is 14.2 Å². The van der Waals surface area contributed by atoms with Crippen LogP contribution in [0.3, 0.4) is 0 Å². The lowest BCUT2D eigenvalue weighted by atomic mass is 9.93. The van der Waals surface area contributed by atoms with Gasteiger partial charge in [-0.1, -0.05) is 0 Å². The van der Waals surface area contributed by atoms with Gasteiger partial charge in [0.05, 0.1) is 20.3 Å². The molecule has 2 aliphatic heterocycles. The fraction of sp³-hybridized carbons (Fsp3) is 0.625. The molecule has 2 aliphatic rings. The molecule has 3 rings (SSSR count). The summed E-state index contributed by atoms with van der Waals surface area (Å²) >= 11 is 0. The number of fused-ring (bicyclic) bond motifs is 1. The minimum Gasteiger partial charge on any atom is -0.496 e. The SMILES string of the molecule is COc1ccc(OC)c2c1CNC[C@@H]2N1CCN(C)CC1. The molecule has 1 aromatic carbocycles. The Morgan fingerprint density at radius 1 is 1.05 bits per heavy atom. The highest BCUT2D eigenvalue weighted by Crippen LogP contribution is 2.39. The smallest absolute Gasteiger partial charge is 0.124 e. The van der Waals surface area contributed by atoms with Gasteiger partial charge < -0.3 is 19.7 Å². The largest absolute Gasteiger partial charge is 0.496 e. The maximum atomic E-state index is 5.63. The van der Waals surface area contributed by atoms with Crippen LogP contribution in [-0.2, 0) is 6.54 Å². The molecule has 5 heteroatoms. The lowest BCUT2D eigenvalue weighted by Gasteiger charge is -2.41. The molecule has 21 heavy (non-hydrogen) atoms. The van der Waals surface area contributed by atoms with Gasteiger partial charge in [-0.25, -0.2) is 0 Å². The maximum Gasteiger partial charge on any atom is 0.124 e. The van der Waals surface area contributed by atoms with E-state index >= 15 is 0 Å². The van der Waals surface area contributed by atoms with Crippen LogP contribution in [0.15, 0.2) is 12.1 Å². The van der Waals surface area contributed by atoms with Gasteiger partial charge >= 0.3 is 0 Å². The van der Waals surface area contributed by atoms with Gasteiger partial charge in [0, 0.05) is 50.4 Å². The van der Waals surface area contributed by atoms with Crippen LogP contribution in [0.5, 0.6) is 11.5 Å². The van der Waals surface area contributed by atoms with Crippen molar-refractivity contribution in [3.8, 4) is 11.5 Å². The highest BCUT2D eigenvalue weighted by atomic mass is 16.5. The van der Waals surface area contributed by atoms with Gasteiger partial charge in [-0.05, 0) is 19.2 Å². The van der Waals surface area contributed by atoms with Crippen LogP contribution in [-0.4, -0.2) is 63.8 Å². The predicted molar refractivity (Wildman–Crippen MR) is 83.1 cm³/mol. The van der Waals surface area contributed by atoms with Crippen molar-refractivity contribution in [2.24, 2.45) is 0 Å². The van der Waals surface area contributed by atoms with Crippen molar-refractivity contribution in [3.63, 3.8) is 0 Å². The van der Waals surface area contributed by atoms with E-state index in [0.717, 1.165) is 50.8 Å². The van der Waals surface area contributed by atoms with Crippen LogP contribution < -0.4 is 14.8 Å². The summed E-state index contributed by atoms with van der Waals surface area (Å²) in [6, 6.07) is 4.41. The summed E-state index contributed by atoms with van der Waals surface area (Å²) < 4.78 is 11.2. The fourth-order valence-electron chi connectivity index (χ4n) is 3.42. The Balaban J connectivity index is 1.96. The van der Waals surface area contributed by atoms with E-state index in [9.17, 15) is 0 Å². The Morgan fingerprint density at radius 2 is 1.71 bits per heavy atom. The molecule has 1 fully saturated rings. The number of nitrogens with one attached hydrogen (secondary N) is 1. The molecular weight excluding hydrogens is 266 g/mol. The minimum atomic E-state index is 0.368. The number of nitrogens with zero attached hydrogens (tertiary/aromatic N) is 2. The molecule has 1 atom stereocenters. The van der Waals surface area contributed by atoms with E-state index in [4.69, 9.17) is 9.47 Å². The zero-order chi connectivity index (χ0) is 14.8. The topological polar surface area (TPSA) is 37.0 Å². The van der Waals surface area contributed by atoms with Crippen LogP contribution in [0.25, 0.3) is 0 Å². The normalized spacial score (nSPS) is 23.7. The third-order valence-electron chi connectivity index (χ3n) is 4.67. The van der Waals surface area contributed by atoms with Crippen LogP contribution in [0.4, 0.5) is 0 Å². The number of hydrogen-bond acceptors (Lipinski definition) is 5. The molecule has 0 aromatic heterocycles. The van der Waals surface area contributed by atoms with Gasteiger partial charge in [-0.3, -0.25) is 4.90 Å². The van der Waals surface area contributed by atoms with E-state index in [2.05, 4.69) is 22.2 Å². The summed E-state index contributed by atoms with van der Waals surface area (Å²) in [5.41, 5.74) is 2.55. The molecule has 0 bridgehead atoms. The van der Waals surface area contributed by atoms with Crippen molar-refractivity contribution >= 4 is 0 Å². The first-order chi connectivity index (χ1) is 10.2. The second-order valence-electron chi connectivity index (χ2n) is 5.85. The molecule has 5 nitrogen and oxygen atoms in total. The monoisotopic (exact) mass is 291 g/mol. The third kappa shape index (κ3) is 2.73. The van der Waals surface area contributed by atoms with Crippen molar-refractivity contribution < 1.29 is 9.47 Å². The Morgan fingerprint density at radius 3 is 2.38 bits per heavy atom. The fourth-order valence-corrected chi connectivity index (χ4v) is 3.42. The number of rotatable bonds is 3. The minimum absolute atomic E-state index is 0.368. The summed E-state index contributed by atoms with van der Waals surface area (Å²) in [7, 11) is 5.68. The maximum absolute atomic E-state index is 5.63. The second-order valence-corrected chi connectivity index (χ2v) is 5.85. The predicted octanol–water partition coefficient (Wildman–Crippen LogP) is 1.10. The average Bonchev–Trinajstić information content (AvgIpc) is 2.54. The van der Waals surface area contributed by atoms with Crippen LogP contribution >= 0.6 is 0 Å². The summed E-state index contributed by atoms with van der Waals surface area (Å²) in [5.74, 6) is 1.94. The number of benzene rings is 1. The number of methoxy groups -OCH3 is 2. The lowest BCUT2D eigenvalue weighted by Crippen LogP contribution is -2.49. The van der Waals surface area contributed by atoms with Gasteiger partial charge in [0.2, 0.25) is 0 Å². The van der Waals surface area contributed by atoms with E-state index < -0.39 is 0 Å². The molecule has 1 saturated heterocycles. The second kappa shape index (κ2) is 6.22. The summed E-state index contributed by atoms with van der Waals surface area (Å²) in [6.45, 7) is 6.27. The van der Waals surface area contributed by atoms with Gasteiger partial charge in [0.15, 0.2) is 0 Å². The van der Waals surface area contributed by atoms with E-state index in [1.165, 1.54) is 11.1 Å². The Bertz CT molecular complexity index is 499. The highest BCUT2D eigenvalue weighted by molar-refractivity contribution is 5.51. The van der Waals surface area contributed by atoms with Gasteiger partial charge in [0.1, 0.15) is 11.5 Å². The molecule has 0 saturated carbocycles. The van der Waals surface area contributed by atoms with Crippen LogP contribution in [0.1, 0.15) is 17.2 Å².